The van der Waals surface area contributed by atoms with Crippen molar-refractivity contribution in [3.63, 3.8) is 0 Å². The highest BCUT2D eigenvalue weighted by Gasteiger charge is 2.36. The summed E-state index contributed by atoms with van der Waals surface area (Å²) in [5, 5.41) is 2.62. The van der Waals surface area contributed by atoms with Gasteiger partial charge in [-0.15, -0.1) is 0 Å². The molecule has 0 spiro atoms. The van der Waals surface area contributed by atoms with Crippen LogP contribution in [0.25, 0.3) is 0 Å². The van der Waals surface area contributed by atoms with Crippen molar-refractivity contribution >= 4 is 29.1 Å². The van der Waals surface area contributed by atoms with Gasteiger partial charge >= 0.3 is 6.61 Å². The lowest BCUT2D eigenvalue weighted by Crippen LogP contribution is -2.55. The third-order valence-electron chi connectivity index (χ3n) is 6.00. The molecule has 2 aliphatic rings. The Hall–Kier alpha value is -2.79. The Kier molecular flexibility index (Phi) is 8.65. The van der Waals surface area contributed by atoms with E-state index in [4.69, 9.17) is 10.5 Å². The molecule has 1 saturated heterocycles. The molecule has 3 amide bonds. The first-order valence-electron chi connectivity index (χ1n) is 11.8. The molecule has 0 aromatic heterocycles. The van der Waals surface area contributed by atoms with Crippen LogP contribution in [0.5, 0.6) is 5.75 Å². The predicted octanol–water partition coefficient (Wildman–Crippen LogP) is 2.59. The standard InChI is InChI=1S/C24H34F2N4O5/c1-24(2,3)14-29(12-15-5-4-6-15)20(21(27)32)22(33)28-16-7-8-17(18(11-16)35-23(25)26)30-9-10-34-13-19(30)31/h7-8,11,15,20,23H,4-6,9-10,12-14H2,1-3H3,(H2,27,32)(H,28,33)/t20-/m1/s1. The molecule has 0 bridgehead atoms. The molecule has 11 heteroatoms. The summed E-state index contributed by atoms with van der Waals surface area (Å²) in [5.41, 5.74) is 5.75. The number of hydrogen-bond acceptors (Lipinski definition) is 6. The highest BCUT2D eigenvalue weighted by molar-refractivity contribution is 6.09. The second-order valence-electron chi connectivity index (χ2n) is 10.2. The molecule has 1 atom stereocenters. The van der Waals surface area contributed by atoms with E-state index in [0.29, 0.717) is 19.0 Å². The third-order valence-corrected chi connectivity index (χ3v) is 6.00. The number of morpholine rings is 1. The first kappa shape index (κ1) is 26.8. The first-order chi connectivity index (χ1) is 16.4. The maximum Gasteiger partial charge on any atom is 0.387 e. The molecule has 1 aliphatic carbocycles. The van der Waals surface area contributed by atoms with Crippen LogP contribution in [-0.2, 0) is 19.1 Å². The molecule has 1 saturated carbocycles. The summed E-state index contributed by atoms with van der Waals surface area (Å²) >= 11 is 0. The van der Waals surface area contributed by atoms with Gasteiger partial charge in [-0.05, 0) is 36.3 Å². The van der Waals surface area contributed by atoms with Crippen LogP contribution < -0.4 is 20.7 Å². The van der Waals surface area contributed by atoms with Crippen LogP contribution in [-0.4, -0.2) is 68.1 Å². The number of anilines is 2. The van der Waals surface area contributed by atoms with Crippen LogP contribution in [0, 0.1) is 11.3 Å². The topological polar surface area (TPSA) is 114 Å². The number of nitrogens with two attached hydrogens (primary N) is 1. The average molecular weight is 497 g/mol. The minimum atomic E-state index is -3.14. The van der Waals surface area contributed by atoms with Crippen molar-refractivity contribution in [1.82, 2.24) is 4.90 Å². The van der Waals surface area contributed by atoms with Crippen molar-refractivity contribution in [2.24, 2.45) is 17.1 Å². The quantitative estimate of drug-likeness (QED) is 0.482. The zero-order valence-electron chi connectivity index (χ0n) is 20.4. The van der Waals surface area contributed by atoms with Gasteiger partial charge in [0.2, 0.25) is 5.91 Å². The minimum Gasteiger partial charge on any atom is -0.433 e. The number of halogens is 2. The Balaban J connectivity index is 1.84. The van der Waals surface area contributed by atoms with Gasteiger partial charge in [0.25, 0.3) is 11.8 Å². The van der Waals surface area contributed by atoms with E-state index in [9.17, 15) is 23.2 Å². The zero-order chi connectivity index (χ0) is 25.8. The van der Waals surface area contributed by atoms with Crippen LogP contribution in [0.15, 0.2) is 18.2 Å². The van der Waals surface area contributed by atoms with Crippen LogP contribution in [0.2, 0.25) is 0 Å². The smallest absolute Gasteiger partial charge is 0.387 e. The Labute approximate surface area is 203 Å². The number of primary amides is 1. The van der Waals surface area contributed by atoms with Crippen LogP contribution >= 0.6 is 0 Å². The number of nitrogens with one attached hydrogen (secondary N) is 1. The first-order valence-corrected chi connectivity index (χ1v) is 11.8. The molecule has 1 heterocycles. The number of carbonyl (C=O) groups excluding carboxylic acids is 3. The maximum absolute atomic E-state index is 13.2. The lowest BCUT2D eigenvalue weighted by Gasteiger charge is -2.38. The van der Waals surface area contributed by atoms with E-state index in [1.54, 1.807) is 4.90 Å². The summed E-state index contributed by atoms with van der Waals surface area (Å²) in [6, 6.07) is 2.86. The SMILES string of the molecule is CC(C)(C)CN(CC1CCC1)[C@H](C(N)=O)C(=O)Nc1ccc(N2CCOCC2=O)c(OC(F)F)c1. The summed E-state index contributed by atoms with van der Waals surface area (Å²) in [4.78, 5) is 40.9. The van der Waals surface area contributed by atoms with Gasteiger partial charge in [-0.2, -0.15) is 8.78 Å². The number of hydrogen-bond donors (Lipinski definition) is 2. The van der Waals surface area contributed by atoms with Gasteiger partial charge in [0.1, 0.15) is 6.61 Å². The molecule has 2 fully saturated rings. The third kappa shape index (κ3) is 7.35. The highest BCUT2D eigenvalue weighted by Crippen LogP contribution is 2.34. The monoisotopic (exact) mass is 496 g/mol. The van der Waals surface area contributed by atoms with Gasteiger partial charge in [-0.3, -0.25) is 19.3 Å². The average Bonchev–Trinajstić information content (AvgIpc) is 2.70. The number of amides is 3. The van der Waals surface area contributed by atoms with Crippen molar-refractivity contribution in [2.45, 2.75) is 52.7 Å². The van der Waals surface area contributed by atoms with Crippen molar-refractivity contribution in [1.29, 1.82) is 0 Å². The van der Waals surface area contributed by atoms with Gasteiger partial charge in [-0.25, -0.2) is 0 Å². The van der Waals surface area contributed by atoms with E-state index in [-0.39, 0.29) is 42.3 Å². The van der Waals surface area contributed by atoms with Crippen molar-refractivity contribution in [2.75, 3.05) is 43.1 Å². The lowest BCUT2D eigenvalue weighted by atomic mass is 9.84. The molecule has 1 aromatic carbocycles. The number of nitrogens with zero attached hydrogens (tertiary/aromatic N) is 2. The molecule has 3 N–H and O–H groups in total. The molecule has 9 nitrogen and oxygen atoms in total. The van der Waals surface area contributed by atoms with E-state index >= 15 is 0 Å². The number of rotatable bonds is 10. The molecule has 194 valence electrons. The summed E-state index contributed by atoms with van der Waals surface area (Å²) in [6.45, 7) is 4.19. The normalized spacial score (nSPS) is 17.9. The highest BCUT2D eigenvalue weighted by atomic mass is 19.3. The Morgan fingerprint density at radius 3 is 2.57 bits per heavy atom. The molecule has 1 aromatic rings. The van der Waals surface area contributed by atoms with Crippen molar-refractivity contribution < 1.29 is 32.6 Å². The Morgan fingerprint density at radius 2 is 2.03 bits per heavy atom. The fourth-order valence-electron chi connectivity index (χ4n) is 4.34. The summed E-state index contributed by atoms with van der Waals surface area (Å²) in [6.07, 6.45) is 3.18. The van der Waals surface area contributed by atoms with Gasteiger partial charge in [-0.1, -0.05) is 27.2 Å². The van der Waals surface area contributed by atoms with Crippen LogP contribution in [0.1, 0.15) is 40.0 Å². The number of benzene rings is 1. The van der Waals surface area contributed by atoms with Gasteiger partial charge in [0.05, 0.1) is 12.3 Å². The summed E-state index contributed by atoms with van der Waals surface area (Å²) < 4.78 is 36.0. The molecular formula is C24H34F2N4O5. The predicted molar refractivity (Wildman–Crippen MR) is 126 cm³/mol. The second kappa shape index (κ2) is 11.3. The van der Waals surface area contributed by atoms with E-state index < -0.39 is 30.4 Å². The van der Waals surface area contributed by atoms with E-state index in [2.05, 4.69) is 10.1 Å². The van der Waals surface area contributed by atoms with E-state index in [0.717, 1.165) is 19.3 Å². The second-order valence-corrected chi connectivity index (χ2v) is 10.2. The Morgan fingerprint density at radius 1 is 1.31 bits per heavy atom. The van der Waals surface area contributed by atoms with Crippen LogP contribution in [0.3, 0.4) is 0 Å². The number of ether oxygens (including phenoxy) is 2. The molecule has 35 heavy (non-hydrogen) atoms. The summed E-state index contributed by atoms with van der Waals surface area (Å²) in [7, 11) is 0. The van der Waals surface area contributed by atoms with Crippen LogP contribution in [0.4, 0.5) is 20.2 Å². The number of carbonyl (C=O) groups is 3. The Bertz CT molecular complexity index is 933. The van der Waals surface area contributed by atoms with Crippen molar-refractivity contribution in [3.05, 3.63) is 18.2 Å². The van der Waals surface area contributed by atoms with Gasteiger partial charge < -0.3 is 25.4 Å². The lowest BCUT2D eigenvalue weighted by molar-refractivity contribution is -0.133. The fraction of sp³-hybridized carbons (Fsp3) is 0.625. The zero-order valence-corrected chi connectivity index (χ0v) is 20.4. The summed E-state index contributed by atoms with van der Waals surface area (Å²) in [5.74, 6) is -1.72. The molecule has 1 aliphatic heterocycles. The maximum atomic E-state index is 13.2. The molecular weight excluding hydrogens is 462 g/mol. The largest absolute Gasteiger partial charge is 0.433 e. The van der Waals surface area contributed by atoms with E-state index in [1.807, 2.05) is 20.8 Å². The molecule has 0 unspecified atom stereocenters. The van der Waals surface area contributed by atoms with Crippen molar-refractivity contribution in [3.8, 4) is 5.75 Å². The van der Waals surface area contributed by atoms with Gasteiger partial charge in [0, 0.05) is 31.4 Å². The molecule has 3 rings (SSSR count). The van der Waals surface area contributed by atoms with E-state index in [1.165, 1.54) is 23.1 Å². The van der Waals surface area contributed by atoms with Gasteiger partial charge in [0.15, 0.2) is 11.8 Å². The number of alkyl halides is 2. The minimum absolute atomic E-state index is 0.140. The fourth-order valence-corrected chi connectivity index (χ4v) is 4.34. The molecule has 0 radical (unpaired) electrons.